The van der Waals surface area contributed by atoms with Crippen molar-refractivity contribution in [3.63, 3.8) is 0 Å². The molecule has 4 aliphatic rings. The largest absolute Gasteiger partial charge is 0.469 e. The van der Waals surface area contributed by atoms with Crippen molar-refractivity contribution < 1.29 is 28.8 Å². The van der Waals surface area contributed by atoms with Gasteiger partial charge in [0, 0.05) is 24.9 Å². The molecule has 0 radical (unpaired) electrons. The molecule has 0 aromatic heterocycles. The minimum atomic E-state index is -0.192. The molecule has 2 aliphatic carbocycles. The molecule has 46 heavy (non-hydrogen) atoms. The van der Waals surface area contributed by atoms with Crippen molar-refractivity contribution >= 4 is 0 Å². The fourth-order valence-corrected chi connectivity index (χ4v) is 7.75. The molecule has 8 atom stereocenters. The number of hydrogen-bond donors (Lipinski definition) is 1. The minimum Gasteiger partial charge on any atom is -0.469 e. The van der Waals surface area contributed by atoms with Crippen LogP contribution in [0.15, 0.2) is 65.5 Å². The third kappa shape index (κ3) is 10.5. The number of hydrogen-bond acceptors (Lipinski definition) is 6. The fourth-order valence-electron chi connectivity index (χ4n) is 7.75. The van der Waals surface area contributed by atoms with Gasteiger partial charge in [0.1, 0.15) is 5.76 Å². The van der Waals surface area contributed by atoms with Gasteiger partial charge in [-0.2, -0.15) is 0 Å². The van der Waals surface area contributed by atoms with Gasteiger partial charge in [0.2, 0.25) is 0 Å². The summed E-state index contributed by atoms with van der Waals surface area (Å²) < 4.78 is 32.0. The van der Waals surface area contributed by atoms with Crippen molar-refractivity contribution in [1.29, 1.82) is 0 Å². The van der Waals surface area contributed by atoms with E-state index in [1.165, 1.54) is 17.6 Å². The Kier molecular flexibility index (Phi) is 14.3. The summed E-state index contributed by atoms with van der Waals surface area (Å²) in [5.41, 5.74) is 3.88. The molecule has 1 N–H and O–H groups in total. The molecule has 3 fully saturated rings. The van der Waals surface area contributed by atoms with Crippen LogP contribution in [0.2, 0.25) is 0 Å². The van der Waals surface area contributed by atoms with Crippen LogP contribution in [0.1, 0.15) is 103 Å². The van der Waals surface area contributed by atoms with Gasteiger partial charge in [0.05, 0.1) is 32.5 Å². The number of benzene rings is 1. The van der Waals surface area contributed by atoms with Gasteiger partial charge in [-0.25, -0.2) is 0 Å². The molecule has 0 bridgehead atoms. The second-order valence-corrected chi connectivity index (χ2v) is 14.5. The average Bonchev–Trinajstić information content (AvgIpc) is 3.61. The number of fused-ring (bicyclic) bond motifs is 1. The summed E-state index contributed by atoms with van der Waals surface area (Å²) in [6.45, 7) is 9.45. The first kappa shape index (κ1) is 35.3. The van der Waals surface area contributed by atoms with Gasteiger partial charge in [0.25, 0.3) is 0 Å². The van der Waals surface area contributed by atoms with Crippen molar-refractivity contribution in [2.24, 2.45) is 29.6 Å². The number of ether oxygens (including phenoxy) is 5. The van der Waals surface area contributed by atoms with Gasteiger partial charge in [0.15, 0.2) is 12.6 Å². The van der Waals surface area contributed by atoms with E-state index in [0.29, 0.717) is 31.0 Å². The lowest BCUT2D eigenvalue weighted by Crippen LogP contribution is -2.34. The van der Waals surface area contributed by atoms with E-state index in [9.17, 15) is 5.11 Å². The maximum atomic E-state index is 10.4. The molecular formula is C40H60O6. The zero-order valence-corrected chi connectivity index (χ0v) is 28.7. The third-order valence-corrected chi connectivity index (χ3v) is 10.4. The Labute approximate surface area is 278 Å². The Balaban J connectivity index is 1.33. The summed E-state index contributed by atoms with van der Waals surface area (Å²) in [5.74, 6) is 2.58. The van der Waals surface area contributed by atoms with Crippen molar-refractivity contribution in [3.05, 3.63) is 71.0 Å². The maximum Gasteiger partial charge on any atom is 0.199 e. The van der Waals surface area contributed by atoms with Gasteiger partial charge in [-0.15, -0.1) is 0 Å². The van der Waals surface area contributed by atoms with Gasteiger partial charge in [-0.3, -0.25) is 0 Å². The third-order valence-electron chi connectivity index (χ3n) is 10.4. The second kappa shape index (κ2) is 18.5. The van der Waals surface area contributed by atoms with Gasteiger partial charge in [-0.05, 0) is 114 Å². The summed E-state index contributed by atoms with van der Waals surface area (Å²) >= 11 is 0. The van der Waals surface area contributed by atoms with Crippen LogP contribution < -0.4 is 0 Å². The number of rotatable bonds is 17. The van der Waals surface area contributed by atoms with Gasteiger partial charge >= 0.3 is 0 Å². The van der Waals surface area contributed by atoms with E-state index in [4.69, 9.17) is 23.7 Å². The molecule has 1 aromatic carbocycles. The maximum absolute atomic E-state index is 10.4. The van der Waals surface area contributed by atoms with E-state index in [1.54, 1.807) is 0 Å². The van der Waals surface area contributed by atoms with Crippen molar-refractivity contribution in [2.45, 2.75) is 123 Å². The van der Waals surface area contributed by atoms with Crippen LogP contribution in [0.3, 0.4) is 0 Å². The average molecular weight is 637 g/mol. The molecule has 1 aromatic rings. The monoisotopic (exact) mass is 636 g/mol. The Hall–Kier alpha value is -1.96. The molecule has 256 valence electrons. The Morgan fingerprint density at radius 2 is 1.67 bits per heavy atom. The zero-order valence-electron chi connectivity index (χ0n) is 28.7. The molecule has 6 heteroatoms. The molecule has 0 spiro atoms. The highest BCUT2D eigenvalue weighted by Crippen LogP contribution is 2.52. The van der Waals surface area contributed by atoms with Gasteiger partial charge in [-0.1, -0.05) is 60.6 Å². The molecule has 6 nitrogen and oxygen atoms in total. The highest BCUT2D eigenvalue weighted by Gasteiger charge is 2.50. The first-order chi connectivity index (χ1) is 22.5. The Morgan fingerprint density at radius 1 is 0.957 bits per heavy atom. The van der Waals surface area contributed by atoms with Crippen LogP contribution in [0, 0.1) is 29.6 Å². The standard InChI is InChI=1S/C40H60O6/c1-29(2)13-11-14-30(3)15-12-18-36(45-38-19-7-9-21-43-38)40-35-24-32(34(26-41)28-42-27-31-16-5-4-6-17-31)23-33(35)25-37(40)46-39-20-8-10-22-44-39/h4-6,13,16-18,24,30,33-35,37-41H,7-12,14-15,19-23,25-28H2,1-3H3/t30-,33?,34?,35?,37+,38?,39?,40-/m1/s1. The summed E-state index contributed by atoms with van der Waals surface area (Å²) in [6.07, 6.45) is 19.7. The first-order valence-corrected chi connectivity index (χ1v) is 18.3. The second-order valence-electron chi connectivity index (χ2n) is 14.5. The molecule has 2 heterocycles. The van der Waals surface area contributed by atoms with E-state index in [-0.39, 0.29) is 37.1 Å². The normalized spacial score (nSPS) is 29.6. The van der Waals surface area contributed by atoms with Crippen molar-refractivity contribution in [3.8, 4) is 0 Å². The topological polar surface area (TPSA) is 66.4 Å². The van der Waals surface area contributed by atoms with Crippen LogP contribution in [0.25, 0.3) is 0 Å². The molecule has 0 amide bonds. The van der Waals surface area contributed by atoms with Crippen LogP contribution in [-0.2, 0) is 30.3 Å². The van der Waals surface area contributed by atoms with Crippen LogP contribution in [-0.4, -0.2) is 50.2 Å². The SMILES string of the molecule is CC(C)=CCC[C@@H](C)CCC=C(OC1CCCCO1)[C@H]1C2C=C(C(CO)COCc3ccccc3)CC2C[C@@H]1OC1CCCCO1. The van der Waals surface area contributed by atoms with Crippen molar-refractivity contribution in [2.75, 3.05) is 26.4 Å². The summed E-state index contributed by atoms with van der Waals surface area (Å²) in [7, 11) is 0. The quantitative estimate of drug-likeness (QED) is 0.136. The van der Waals surface area contributed by atoms with Crippen LogP contribution in [0.5, 0.6) is 0 Å². The fraction of sp³-hybridized carbons (Fsp3) is 0.700. The van der Waals surface area contributed by atoms with Crippen LogP contribution >= 0.6 is 0 Å². The predicted octanol–water partition coefficient (Wildman–Crippen LogP) is 8.90. The lowest BCUT2D eigenvalue weighted by Gasteiger charge is -2.33. The zero-order chi connectivity index (χ0) is 32.1. The Morgan fingerprint density at radius 3 is 2.35 bits per heavy atom. The smallest absolute Gasteiger partial charge is 0.199 e. The minimum absolute atomic E-state index is 0.00712. The molecular weight excluding hydrogens is 576 g/mol. The highest BCUT2D eigenvalue weighted by atomic mass is 16.7. The molecule has 2 saturated heterocycles. The summed E-state index contributed by atoms with van der Waals surface area (Å²) in [5, 5.41) is 10.4. The van der Waals surface area contributed by atoms with E-state index in [1.807, 2.05) is 18.2 Å². The number of allylic oxidation sites excluding steroid dienone is 4. The summed E-state index contributed by atoms with van der Waals surface area (Å²) in [4.78, 5) is 0. The Bertz CT molecular complexity index is 1110. The van der Waals surface area contributed by atoms with E-state index in [0.717, 1.165) is 95.2 Å². The molecule has 1 saturated carbocycles. The highest BCUT2D eigenvalue weighted by molar-refractivity contribution is 5.25. The number of aliphatic hydroxyl groups excluding tert-OH is 1. The van der Waals surface area contributed by atoms with E-state index in [2.05, 4.69) is 51.1 Å². The number of aliphatic hydroxyl groups is 1. The van der Waals surface area contributed by atoms with E-state index >= 15 is 0 Å². The first-order valence-electron chi connectivity index (χ1n) is 18.3. The predicted molar refractivity (Wildman–Crippen MR) is 183 cm³/mol. The summed E-state index contributed by atoms with van der Waals surface area (Å²) in [6, 6.07) is 10.3. The van der Waals surface area contributed by atoms with Gasteiger partial charge < -0.3 is 28.8 Å². The molecule has 5 unspecified atom stereocenters. The van der Waals surface area contributed by atoms with Crippen molar-refractivity contribution in [1.82, 2.24) is 0 Å². The van der Waals surface area contributed by atoms with Crippen LogP contribution in [0.4, 0.5) is 0 Å². The molecule has 5 rings (SSSR count). The lowest BCUT2D eigenvalue weighted by atomic mass is 9.89. The lowest BCUT2D eigenvalue weighted by molar-refractivity contribution is -0.200. The van der Waals surface area contributed by atoms with E-state index < -0.39 is 0 Å². The molecule has 2 aliphatic heterocycles.